The van der Waals surface area contributed by atoms with Crippen molar-refractivity contribution in [2.24, 2.45) is 0 Å². The molecule has 3 N–H and O–H groups in total. The van der Waals surface area contributed by atoms with Gasteiger partial charge in [-0.1, -0.05) is 0 Å². The third-order valence-corrected chi connectivity index (χ3v) is 3.49. The van der Waals surface area contributed by atoms with E-state index in [0.717, 1.165) is 18.3 Å². The summed E-state index contributed by atoms with van der Waals surface area (Å²) in [7, 11) is 1.57. The molecule has 2 aromatic rings. The van der Waals surface area contributed by atoms with Crippen LogP contribution in [0.25, 0.3) is 5.69 Å². The quantitative estimate of drug-likeness (QED) is 0.719. The molecule has 0 bridgehead atoms. The molecule has 0 saturated heterocycles. The first-order chi connectivity index (χ1) is 11.2. The van der Waals surface area contributed by atoms with Crippen molar-refractivity contribution in [2.75, 3.05) is 13.7 Å². The largest absolute Gasteiger partial charge is 0.497 e. The Labute approximate surface area is 138 Å². The molecular weight excluding hydrogens is 314 g/mol. The summed E-state index contributed by atoms with van der Waals surface area (Å²) >= 11 is 0. The predicted octanol–water partition coefficient (Wildman–Crippen LogP) is 0.755. The van der Waals surface area contributed by atoms with Gasteiger partial charge >= 0.3 is 5.97 Å². The van der Waals surface area contributed by atoms with Gasteiger partial charge in [-0.3, -0.25) is 4.79 Å². The Kier molecular flexibility index (Phi) is 4.89. The van der Waals surface area contributed by atoms with Crippen LogP contribution in [0.1, 0.15) is 23.1 Å². The number of aromatic nitrogens is 2. The Balaban J connectivity index is 2.15. The number of ether oxygens (including phenoxy) is 1. The Bertz CT molecular complexity index is 750. The van der Waals surface area contributed by atoms with Crippen molar-refractivity contribution in [1.82, 2.24) is 15.1 Å². The molecular formula is C16H19N3O5. The number of nitrogens with one attached hydrogen (secondary N) is 1. The van der Waals surface area contributed by atoms with Crippen LogP contribution in [-0.4, -0.2) is 51.1 Å². The van der Waals surface area contributed by atoms with Crippen LogP contribution in [-0.2, 0) is 4.79 Å². The van der Waals surface area contributed by atoms with Gasteiger partial charge in [0.15, 0.2) is 11.3 Å². The predicted molar refractivity (Wildman–Crippen MR) is 85.4 cm³/mol. The summed E-state index contributed by atoms with van der Waals surface area (Å²) in [5.74, 6) is -1.27. The van der Waals surface area contributed by atoms with Crippen molar-refractivity contribution in [2.45, 2.75) is 19.4 Å². The second-order valence-corrected chi connectivity index (χ2v) is 5.54. The summed E-state index contributed by atoms with van der Waals surface area (Å²) in [4.78, 5) is 22.9. The highest BCUT2D eigenvalue weighted by Crippen LogP contribution is 2.17. The number of hydrogen-bond donors (Lipinski definition) is 3. The summed E-state index contributed by atoms with van der Waals surface area (Å²) in [5.41, 5.74) is -0.423. The molecule has 0 aliphatic carbocycles. The van der Waals surface area contributed by atoms with Gasteiger partial charge in [0.2, 0.25) is 0 Å². The lowest BCUT2D eigenvalue weighted by molar-refractivity contribution is -0.155. The molecule has 1 heterocycles. The Hall–Kier alpha value is -2.87. The van der Waals surface area contributed by atoms with Crippen molar-refractivity contribution in [1.29, 1.82) is 0 Å². The van der Waals surface area contributed by atoms with E-state index in [2.05, 4.69) is 10.4 Å². The van der Waals surface area contributed by atoms with Gasteiger partial charge in [0.05, 0.1) is 19.3 Å². The fourth-order valence-corrected chi connectivity index (χ4v) is 1.99. The van der Waals surface area contributed by atoms with E-state index in [-0.39, 0.29) is 5.69 Å². The molecule has 1 aromatic carbocycles. The van der Waals surface area contributed by atoms with Gasteiger partial charge in [-0.25, -0.2) is 9.48 Å². The van der Waals surface area contributed by atoms with Crippen molar-refractivity contribution >= 4 is 11.9 Å². The van der Waals surface area contributed by atoms with E-state index in [0.29, 0.717) is 5.75 Å². The van der Waals surface area contributed by atoms with Crippen LogP contribution in [0.5, 0.6) is 5.75 Å². The molecule has 0 aliphatic rings. The number of hydrogen-bond acceptors (Lipinski definition) is 5. The van der Waals surface area contributed by atoms with E-state index in [4.69, 9.17) is 9.84 Å². The molecule has 1 aromatic heterocycles. The fourth-order valence-electron chi connectivity index (χ4n) is 1.99. The van der Waals surface area contributed by atoms with Crippen LogP contribution in [0.4, 0.5) is 0 Å². The lowest BCUT2D eigenvalue weighted by atomic mass is 10.1. The van der Waals surface area contributed by atoms with Crippen molar-refractivity contribution in [3.63, 3.8) is 0 Å². The first-order valence-electron chi connectivity index (χ1n) is 7.19. The molecule has 128 valence electrons. The maximum Gasteiger partial charge on any atom is 0.337 e. The van der Waals surface area contributed by atoms with Gasteiger partial charge in [-0.05, 0) is 44.2 Å². The zero-order valence-corrected chi connectivity index (χ0v) is 13.6. The fraction of sp³-hybridized carbons (Fsp3) is 0.312. The number of nitrogens with zero attached hydrogens (tertiary/aromatic N) is 2. The average molecular weight is 333 g/mol. The zero-order valence-electron chi connectivity index (χ0n) is 13.6. The molecule has 2 rings (SSSR count). The molecule has 1 atom stereocenters. The van der Waals surface area contributed by atoms with Crippen molar-refractivity contribution in [3.05, 3.63) is 41.7 Å². The number of carbonyl (C=O) groups is 2. The third kappa shape index (κ3) is 3.72. The Morgan fingerprint density at radius 1 is 1.33 bits per heavy atom. The summed E-state index contributed by atoms with van der Waals surface area (Å²) in [6.45, 7) is 2.48. The molecule has 1 unspecified atom stereocenters. The Morgan fingerprint density at radius 3 is 2.50 bits per heavy atom. The summed E-state index contributed by atoms with van der Waals surface area (Å²) < 4.78 is 6.68. The van der Waals surface area contributed by atoms with Gasteiger partial charge < -0.3 is 20.3 Å². The molecule has 0 saturated carbocycles. The van der Waals surface area contributed by atoms with Crippen LogP contribution < -0.4 is 10.1 Å². The van der Waals surface area contributed by atoms with Crippen LogP contribution in [0.2, 0.25) is 0 Å². The smallest absolute Gasteiger partial charge is 0.337 e. The number of aliphatic carboxylic acids is 1. The number of carboxylic acids is 1. The average Bonchev–Trinajstić information content (AvgIpc) is 2.94. The second-order valence-electron chi connectivity index (χ2n) is 5.54. The van der Waals surface area contributed by atoms with Crippen LogP contribution in [0, 0.1) is 6.92 Å². The minimum Gasteiger partial charge on any atom is -0.497 e. The Morgan fingerprint density at radius 2 is 1.96 bits per heavy atom. The van der Waals surface area contributed by atoms with E-state index in [9.17, 15) is 14.7 Å². The monoisotopic (exact) mass is 333 g/mol. The van der Waals surface area contributed by atoms with E-state index in [1.807, 2.05) is 0 Å². The van der Waals surface area contributed by atoms with E-state index < -0.39 is 24.0 Å². The first kappa shape index (κ1) is 17.5. The number of methoxy groups -OCH3 is 1. The summed E-state index contributed by atoms with van der Waals surface area (Å²) in [6, 6.07) is 8.74. The van der Waals surface area contributed by atoms with E-state index >= 15 is 0 Å². The molecule has 1 amide bonds. The number of aliphatic hydroxyl groups is 1. The highest BCUT2D eigenvalue weighted by molar-refractivity contribution is 5.93. The number of carboxylic acid groups (broad SMARTS) is 1. The second kappa shape index (κ2) is 6.71. The number of rotatable bonds is 6. The van der Waals surface area contributed by atoms with Gasteiger partial charge in [0.25, 0.3) is 5.91 Å². The lowest BCUT2D eigenvalue weighted by Crippen LogP contribution is -2.46. The summed E-state index contributed by atoms with van der Waals surface area (Å²) in [6.07, 6.45) is 0. The van der Waals surface area contributed by atoms with E-state index in [1.165, 1.54) is 0 Å². The van der Waals surface area contributed by atoms with E-state index in [1.54, 1.807) is 49.0 Å². The normalized spacial score (nSPS) is 13.2. The first-order valence-corrected chi connectivity index (χ1v) is 7.19. The number of amides is 1. The van der Waals surface area contributed by atoms with Crippen LogP contribution in [0.15, 0.2) is 30.3 Å². The van der Waals surface area contributed by atoms with Crippen LogP contribution in [0.3, 0.4) is 0 Å². The topological polar surface area (TPSA) is 114 Å². The maximum absolute atomic E-state index is 12.1. The zero-order chi connectivity index (χ0) is 17.9. The van der Waals surface area contributed by atoms with Gasteiger partial charge in [-0.2, -0.15) is 5.10 Å². The third-order valence-electron chi connectivity index (χ3n) is 3.49. The minimum absolute atomic E-state index is 0.129. The maximum atomic E-state index is 12.1. The standard InChI is InChI=1S/C16H19N3O5/c1-10-8-13(14(20)17-9-16(2,23)15(21)22)18-19(10)11-4-6-12(24-3)7-5-11/h4-8,23H,9H2,1-3H3,(H,17,20)(H,21,22). The number of aryl methyl sites for hydroxylation is 1. The van der Waals surface area contributed by atoms with Crippen molar-refractivity contribution in [3.8, 4) is 11.4 Å². The SMILES string of the molecule is COc1ccc(-n2nc(C(=O)NCC(C)(O)C(=O)O)cc2C)cc1. The van der Waals surface area contributed by atoms with Crippen molar-refractivity contribution < 1.29 is 24.5 Å². The summed E-state index contributed by atoms with van der Waals surface area (Å²) in [5, 5.41) is 25.0. The van der Waals surface area contributed by atoms with Crippen LogP contribution >= 0.6 is 0 Å². The highest BCUT2D eigenvalue weighted by atomic mass is 16.5. The molecule has 8 heteroatoms. The molecule has 0 spiro atoms. The number of carbonyl (C=O) groups excluding carboxylic acids is 1. The lowest BCUT2D eigenvalue weighted by Gasteiger charge is -2.17. The van der Waals surface area contributed by atoms with Gasteiger partial charge in [0, 0.05) is 5.69 Å². The highest BCUT2D eigenvalue weighted by Gasteiger charge is 2.30. The number of benzene rings is 1. The molecule has 0 aliphatic heterocycles. The molecule has 24 heavy (non-hydrogen) atoms. The van der Waals surface area contributed by atoms with Gasteiger partial charge in [-0.15, -0.1) is 0 Å². The molecule has 8 nitrogen and oxygen atoms in total. The molecule has 0 radical (unpaired) electrons. The van der Waals surface area contributed by atoms with Gasteiger partial charge in [0.1, 0.15) is 5.75 Å². The molecule has 0 fully saturated rings. The minimum atomic E-state index is -2.04.